The van der Waals surface area contributed by atoms with Gasteiger partial charge < -0.3 is 10.4 Å². The van der Waals surface area contributed by atoms with Crippen LogP contribution in [0, 0.1) is 0 Å². The van der Waals surface area contributed by atoms with Gasteiger partial charge in [-0.2, -0.15) is 0 Å². The molecule has 0 bridgehead atoms. The molecular formula is C9H20N2OS. The first-order valence-electron chi connectivity index (χ1n) is 4.66. The van der Waals surface area contributed by atoms with Crippen molar-refractivity contribution >= 4 is 17.3 Å². The van der Waals surface area contributed by atoms with Gasteiger partial charge in [0.1, 0.15) is 0 Å². The molecule has 0 rings (SSSR count). The second kappa shape index (κ2) is 7.24. The molecule has 0 radical (unpaired) electrons. The van der Waals surface area contributed by atoms with Crippen LogP contribution >= 0.6 is 12.2 Å². The maximum Gasteiger partial charge on any atom is 0.170 e. The van der Waals surface area contributed by atoms with E-state index in [1.165, 1.54) is 0 Å². The molecular weight excluding hydrogens is 184 g/mol. The zero-order chi connectivity index (χ0) is 10.3. The van der Waals surface area contributed by atoms with Gasteiger partial charge in [-0.3, -0.25) is 4.90 Å². The van der Waals surface area contributed by atoms with Crippen molar-refractivity contribution in [2.45, 2.75) is 26.3 Å². The quantitative estimate of drug-likeness (QED) is 0.482. The summed E-state index contributed by atoms with van der Waals surface area (Å²) in [6.07, 6.45) is 1.08. The third kappa shape index (κ3) is 9.73. The Morgan fingerprint density at radius 1 is 1.54 bits per heavy atom. The zero-order valence-corrected chi connectivity index (χ0v) is 9.52. The van der Waals surface area contributed by atoms with E-state index in [2.05, 4.69) is 31.4 Å². The van der Waals surface area contributed by atoms with Crippen molar-refractivity contribution in [2.75, 3.05) is 26.7 Å². The molecule has 0 fully saturated rings. The summed E-state index contributed by atoms with van der Waals surface area (Å²) in [5.74, 6) is 0. The average Bonchev–Trinajstić information content (AvgIpc) is 1.96. The first kappa shape index (κ1) is 12.8. The van der Waals surface area contributed by atoms with Crippen LogP contribution in [0.1, 0.15) is 20.3 Å². The van der Waals surface area contributed by atoms with Gasteiger partial charge in [-0.15, -0.1) is 0 Å². The third-order valence-corrected chi connectivity index (χ3v) is 1.80. The fraction of sp³-hybridized carbons (Fsp3) is 0.889. The largest absolute Gasteiger partial charge is 0.501 e. The summed E-state index contributed by atoms with van der Waals surface area (Å²) < 4.78 is 0. The minimum atomic E-state index is 0.0688. The molecule has 0 aromatic carbocycles. The van der Waals surface area contributed by atoms with Crippen molar-refractivity contribution in [3.05, 3.63) is 0 Å². The molecule has 0 aromatic rings. The summed E-state index contributed by atoms with van der Waals surface area (Å²) in [4.78, 5) is 2.02. The second-order valence-electron chi connectivity index (χ2n) is 3.59. The lowest BCUT2D eigenvalue weighted by molar-refractivity contribution is 0.349. The minimum absolute atomic E-state index is 0.0688. The van der Waals surface area contributed by atoms with Crippen LogP contribution in [0.2, 0.25) is 0 Å². The second-order valence-corrected chi connectivity index (χ2v) is 4.07. The molecule has 0 atom stereocenters. The predicted molar refractivity (Wildman–Crippen MR) is 60.5 cm³/mol. The van der Waals surface area contributed by atoms with Crippen molar-refractivity contribution in [2.24, 2.45) is 0 Å². The number of likely N-dealkylation sites (N-methyl/N-ethyl adjacent to an activating group) is 1. The van der Waals surface area contributed by atoms with E-state index in [9.17, 15) is 0 Å². The summed E-state index contributed by atoms with van der Waals surface area (Å²) in [6, 6.07) is 0.546. The van der Waals surface area contributed by atoms with Gasteiger partial charge in [0.05, 0.1) is 6.54 Å². The van der Waals surface area contributed by atoms with Gasteiger partial charge in [0, 0.05) is 6.04 Å². The van der Waals surface area contributed by atoms with E-state index in [4.69, 9.17) is 5.11 Å². The Morgan fingerprint density at radius 2 is 2.15 bits per heavy atom. The average molecular weight is 204 g/mol. The molecule has 0 saturated heterocycles. The number of hydrogen-bond donors (Lipinski definition) is 2. The van der Waals surface area contributed by atoms with Crippen molar-refractivity contribution in [3.8, 4) is 0 Å². The van der Waals surface area contributed by atoms with Gasteiger partial charge in [0.25, 0.3) is 0 Å². The van der Waals surface area contributed by atoms with Crippen molar-refractivity contribution in [1.82, 2.24) is 10.2 Å². The molecule has 2 N–H and O–H groups in total. The van der Waals surface area contributed by atoms with Crippen LogP contribution in [0.25, 0.3) is 0 Å². The first-order chi connectivity index (χ1) is 6.02. The van der Waals surface area contributed by atoms with Crippen LogP contribution in [0.3, 0.4) is 0 Å². The maximum atomic E-state index is 8.84. The molecule has 3 nitrogen and oxygen atoms in total. The highest BCUT2D eigenvalue weighted by atomic mass is 32.1. The van der Waals surface area contributed by atoms with Gasteiger partial charge in [0.2, 0.25) is 0 Å². The van der Waals surface area contributed by atoms with Gasteiger partial charge in [-0.1, -0.05) is 13.8 Å². The Balaban J connectivity index is 3.26. The Kier molecular flexibility index (Phi) is 7.13. The van der Waals surface area contributed by atoms with Crippen LogP contribution < -0.4 is 5.32 Å². The summed E-state index contributed by atoms with van der Waals surface area (Å²) in [7, 11) is 1.96. The molecule has 4 heteroatoms. The number of nitrogens with one attached hydrogen (secondary N) is 1. The molecule has 13 heavy (non-hydrogen) atoms. The minimum Gasteiger partial charge on any atom is -0.501 e. The van der Waals surface area contributed by atoms with Gasteiger partial charge in [0.15, 0.2) is 5.05 Å². The van der Waals surface area contributed by atoms with E-state index < -0.39 is 0 Å². The molecule has 0 unspecified atom stereocenters. The van der Waals surface area contributed by atoms with Gasteiger partial charge >= 0.3 is 0 Å². The fourth-order valence-electron chi connectivity index (χ4n) is 1.05. The summed E-state index contributed by atoms with van der Waals surface area (Å²) in [5.41, 5.74) is 0. The first-order valence-corrected chi connectivity index (χ1v) is 5.07. The fourth-order valence-corrected chi connectivity index (χ4v) is 1.27. The third-order valence-electron chi connectivity index (χ3n) is 1.67. The molecule has 0 heterocycles. The Morgan fingerprint density at radius 3 is 2.62 bits per heavy atom. The highest BCUT2D eigenvalue weighted by Gasteiger charge is 2.00. The van der Waals surface area contributed by atoms with Crippen molar-refractivity contribution in [3.63, 3.8) is 0 Å². The maximum absolute atomic E-state index is 8.84. The monoisotopic (exact) mass is 204 g/mol. The number of aliphatic hydroxyl groups is 1. The molecule has 78 valence electrons. The molecule has 0 aliphatic carbocycles. The van der Waals surface area contributed by atoms with Gasteiger partial charge in [-0.25, -0.2) is 0 Å². The molecule has 0 amide bonds. The smallest absolute Gasteiger partial charge is 0.170 e. The van der Waals surface area contributed by atoms with Crippen LogP contribution in [0.4, 0.5) is 0 Å². The summed E-state index contributed by atoms with van der Waals surface area (Å²) in [5, 5.41) is 12.2. The number of rotatable bonds is 7. The summed E-state index contributed by atoms with van der Waals surface area (Å²) >= 11 is 4.59. The summed E-state index contributed by atoms with van der Waals surface area (Å²) in [6.45, 7) is 6.73. The number of hydrogen-bond acceptors (Lipinski definition) is 3. The molecule has 0 aliphatic heterocycles. The normalized spacial score (nSPS) is 11.2. The zero-order valence-electron chi connectivity index (χ0n) is 8.71. The van der Waals surface area contributed by atoms with Crippen LogP contribution in [0.15, 0.2) is 0 Å². The van der Waals surface area contributed by atoms with Gasteiger partial charge in [-0.05, 0) is 38.8 Å². The molecule has 0 saturated carbocycles. The molecule has 0 aromatic heterocycles. The van der Waals surface area contributed by atoms with E-state index in [-0.39, 0.29) is 5.05 Å². The SMILES string of the molecule is CC(C)NCCCN(C)CC(O)=S. The topological polar surface area (TPSA) is 35.5 Å². The lowest BCUT2D eigenvalue weighted by Gasteiger charge is -2.15. The number of thiocarbonyl (C=S) groups is 1. The lowest BCUT2D eigenvalue weighted by atomic mass is 10.3. The Bertz CT molecular complexity index is 151. The Labute approximate surface area is 86.1 Å². The van der Waals surface area contributed by atoms with E-state index in [1.807, 2.05) is 11.9 Å². The lowest BCUT2D eigenvalue weighted by Crippen LogP contribution is -2.30. The van der Waals surface area contributed by atoms with E-state index in [1.54, 1.807) is 0 Å². The predicted octanol–water partition coefficient (Wildman–Crippen LogP) is 1.19. The van der Waals surface area contributed by atoms with Crippen molar-refractivity contribution in [1.29, 1.82) is 0 Å². The van der Waals surface area contributed by atoms with Crippen molar-refractivity contribution < 1.29 is 5.11 Å². The molecule has 0 spiro atoms. The number of aliphatic hydroxyl groups excluding tert-OH is 1. The number of nitrogens with zero attached hydrogens (tertiary/aromatic N) is 1. The highest BCUT2D eigenvalue weighted by molar-refractivity contribution is 7.80. The van der Waals surface area contributed by atoms with E-state index >= 15 is 0 Å². The molecule has 0 aliphatic rings. The van der Waals surface area contributed by atoms with E-state index in [0.717, 1.165) is 19.5 Å². The Hall–Kier alpha value is -0.190. The van der Waals surface area contributed by atoms with E-state index in [0.29, 0.717) is 12.6 Å². The standard InChI is InChI=1S/C9H20N2OS/c1-8(2)10-5-4-6-11(3)7-9(12)13/h8,10H,4-7H2,1-3H3,(H,12,13). The van der Waals surface area contributed by atoms with Crippen LogP contribution in [-0.4, -0.2) is 47.8 Å². The highest BCUT2D eigenvalue weighted by Crippen LogP contribution is 1.88. The van der Waals surface area contributed by atoms with Crippen LogP contribution in [0.5, 0.6) is 0 Å². The van der Waals surface area contributed by atoms with Crippen LogP contribution in [-0.2, 0) is 0 Å².